The summed E-state index contributed by atoms with van der Waals surface area (Å²) in [6, 6.07) is -9.34. The Morgan fingerprint density at radius 2 is 0.968 bits per heavy atom. The van der Waals surface area contributed by atoms with Gasteiger partial charge in [0.2, 0.25) is 41.4 Å². The van der Waals surface area contributed by atoms with Crippen LogP contribution in [0.3, 0.4) is 0 Å². The van der Waals surface area contributed by atoms with Gasteiger partial charge in [0.25, 0.3) is 0 Å². The highest BCUT2D eigenvalue weighted by Crippen LogP contribution is 2.13. The Labute approximate surface area is 368 Å². The Hall–Kier alpha value is -5.62. The lowest BCUT2D eigenvalue weighted by atomic mass is 9.96. The number of nitrogens with one attached hydrogen (secondary N) is 6. The number of carboxylic acid groups (broad SMARTS) is 2. The average Bonchev–Trinajstić information content (AvgIpc) is 3.22. The molecule has 0 saturated heterocycles. The summed E-state index contributed by atoms with van der Waals surface area (Å²) in [6.07, 6.45) is 1.26. The van der Waals surface area contributed by atoms with Gasteiger partial charge in [0, 0.05) is 13.0 Å². The van der Waals surface area contributed by atoms with Crippen molar-refractivity contribution in [3.05, 3.63) is 0 Å². The number of primary amides is 1. The van der Waals surface area contributed by atoms with E-state index in [1.165, 1.54) is 0 Å². The van der Waals surface area contributed by atoms with Crippen LogP contribution in [0.15, 0.2) is 4.99 Å². The molecule has 360 valence electrons. The fourth-order valence-corrected chi connectivity index (χ4v) is 6.09. The summed E-state index contributed by atoms with van der Waals surface area (Å²) in [7, 11) is 0. The number of nitrogens with zero attached hydrogens (tertiary/aromatic N) is 1. The number of amides is 7. The molecule has 24 nitrogen and oxygen atoms in total. The smallest absolute Gasteiger partial charge is 0.326 e. The van der Waals surface area contributed by atoms with Gasteiger partial charge in [-0.25, -0.2) is 4.79 Å². The number of guanidine groups is 1. The third kappa shape index (κ3) is 23.4. The lowest BCUT2D eigenvalue weighted by Gasteiger charge is -2.29. The predicted molar refractivity (Wildman–Crippen MR) is 233 cm³/mol. The van der Waals surface area contributed by atoms with Gasteiger partial charge in [0.15, 0.2) is 5.96 Å². The largest absolute Gasteiger partial charge is 0.481 e. The van der Waals surface area contributed by atoms with Gasteiger partial charge in [-0.15, -0.1) is 0 Å². The Kier molecular flexibility index (Phi) is 28.5. The number of aliphatic carboxylic acids is 2. The first-order valence-corrected chi connectivity index (χ1v) is 21.4. The van der Waals surface area contributed by atoms with Gasteiger partial charge in [0.05, 0.1) is 12.5 Å². The van der Waals surface area contributed by atoms with E-state index in [-0.39, 0.29) is 44.9 Å². The lowest BCUT2D eigenvalue weighted by molar-refractivity contribution is -0.144. The van der Waals surface area contributed by atoms with Gasteiger partial charge in [-0.3, -0.25) is 43.3 Å². The molecule has 0 aromatic carbocycles. The minimum absolute atomic E-state index is 0.000589. The minimum atomic E-state index is -1.61. The maximum absolute atomic E-state index is 14.0. The number of unbranched alkanes of at least 4 members (excludes halogenated alkanes) is 2. The number of aliphatic imine (C=N–C) groups is 1. The van der Waals surface area contributed by atoms with Crippen molar-refractivity contribution in [3.8, 4) is 0 Å². The molecular weight excluding hydrogens is 827 g/mol. The van der Waals surface area contributed by atoms with E-state index in [1.54, 1.807) is 27.7 Å². The van der Waals surface area contributed by atoms with E-state index in [2.05, 4.69) is 36.9 Å². The molecule has 9 atom stereocenters. The minimum Gasteiger partial charge on any atom is -0.481 e. The van der Waals surface area contributed by atoms with Crippen LogP contribution in [0.2, 0.25) is 0 Å². The molecule has 0 spiro atoms. The average molecular weight is 900 g/mol. The molecule has 63 heavy (non-hydrogen) atoms. The SMILES string of the molecule is CC[C@H](C)[C@H](NC(=O)[C@H](CCCCN)NC(=O)[C@H](CCCCN)NC(=O)[C@H](CC(N)=O)NC(=O)[C@@H](NC(=O)[C@@H](N)CCCN=C(N)N)[C@@H](C)CC)C(=O)N[C@@H](CCC(=O)O)C(=O)O. The Morgan fingerprint density at radius 1 is 0.540 bits per heavy atom. The number of carbonyl (C=O) groups is 9. The molecule has 7 amide bonds. The van der Waals surface area contributed by atoms with Crippen LogP contribution in [0.25, 0.3) is 0 Å². The zero-order valence-electron chi connectivity index (χ0n) is 37.0. The first kappa shape index (κ1) is 57.4. The molecule has 20 N–H and O–H groups in total. The van der Waals surface area contributed by atoms with Gasteiger partial charge >= 0.3 is 11.9 Å². The van der Waals surface area contributed by atoms with Crippen LogP contribution in [-0.2, 0) is 43.2 Å². The Bertz CT molecular complexity index is 1550. The lowest BCUT2D eigenvalue weighted by Crippen LogP contribution is -2.61. The van der Waals surface area contributed by atoms with Crippen molar-refractivity contribution in [1.82, 2.24) is 31.9 Å². The highest BCUT2D eigenvalue weighted by molar-refractivity contribution is 5.98. The molecule has 0 radical (unpaired) electrons. The van der Waals surface area contributed by atoms with Gasteiger partial charge in [-0.2, -0.15) is 0 Å². The van der Waals surface area contributed by atoms with Gasteiger partial charge < -0.3 is 76.5 Å². The van der Waals surface area contributed by atoms with Crippen LogP contribution in [0.1, 0.15) is 111 Å². The number of rotatable bonds is 34. The maximum Gasteiger partial charge on any atom is 0.326 e. The Morgan fingerprint density at radius 3 is 1.38 bits per heavy atom. The van der Waals surface area contributed by atoms with Crippen LogP contribution >= 0.6 is 0 Å². The fourth-order valence-electron chi connectivity index (χ4n) is 6.09. The molecule has 0 unspecified atom stereocenters. The van der Waals surface area contributed by atoms with Crippen molar-refractivity contribution < 1.29 is 53.4 Å². The molecule has 0 aromatic rings. The molecule has 0 bridgehead atoms. The summed E-state index contributed by atoms with van der Waals surface area (Å²) >= 11 is 0. The zero-order valence-corrected chi connectivity index (χ0v) is 37.0. The number of hydrogen-bond acceptors (Lipinski definition) is 13. The van der Waals surface area contributed by atoms with Crippen molar-refractivity contribution in [2.24, 2.45) is 51.2 Å². The van der Waals surface area contributed by atoms with Crippen molar-refractivity contribution in [1.29, 1.82) is 0 Å². The van der Waals surface area contributed by atoms with E-state index >= 15 is 0 Å². The van der Waals surface area contributed by atoms with Crippen molar-refractivity contribution in [2.45, 2.75) is 153 Å². The fraction of sp³-hybridized carbons (Fsp3) is 0.744. The summed E-state index contributed by atoms with van der Waals surface area (Å²) in [5.74, 6) is -9.84. The van der Waals surface area contributed by atoms with Crippen LogP contribution in [0, 0.1) is 11.8 Å². The predicted octanol–water partition coefficient (Wildman–Crippen LogP) is -3.55. The maximum atomic E-state index is 14.0. The van der Waals surface area contributed by atoms with E-state index in [0.29, 0.717) is 44.9 Å². The summed E-state index contributed by atoms with van der Waals surface area (Å²) in [4.78, 5) is 121. The second-order valence-corrected chi connectivity index (χ2v) is 15.6. The van der Waals surface area contributed by atoms with Gasteiger partial charge in [-0.05, 0) is 82.7 Å². The number of carboxylic acids is 2. The molecular formula is C39H73N13O11. The molecule has 0 rings (SSSR count). The first-order chi connectivity index (χ1) is 29.6. The summed E-state index contributed by atoms with van der Waals surface area (Å²) in [5, 5.41) is 33.8. The summed E-state index contributed by atoms with van der Waals surface area (Å²) < 4.78 is 0. The second kappa shape index (κ2) is 31.3. The molecule has 0 heterocycles. The summed E-state index contributed by atoms with van der Waals surface area (Å²) in [5.41, 5.74) is 33.5. The third-order valence-electron chi connectivity index (χ3n) is 10.4. The van der Waals surface area contributed by atoms with Gasteiger partial charge in [0.1, 0.15) is 36.3 Å². The van der Waals surface area contributed by atoms with E-state index in [0.717, 1.165) is 0 Å². The monoisotopic (exact) mass is 900 g/mol. The molecule has 0 aliphatic heterocycles. The molecule has 0 saturated carbocycles. The van der Waals surface area contributed by atoms with E-state index < -0.39 is 127 Å². The zero-order chi connectivity index (χ0) is 48.2. The summed E-state index contributed by atoms with van der Waals surface area (Å²) in [6.45, 7) is 7.55. The topological polar surface area (TPSA) is 435 Å². The van der Waals surface area contributed by atoms with Crippen molar-refractivity contribution >= 4 is 59.2 Å². The van der Waals surface area contributed by atoms with Crippen LogP contribution in [-0.4, -0.2) is 131 Å². The molecule has 0 fully saturated rings. The Balaban J connectivity index is 6.47. The second-order valence-electron chi connectivity index (χ2n) is 15.6. The molecule has 0 aliphatic carbocycles. The molecule has 0 aromatic heterocycles. The molecule has 0 aliphatic rings. The van der Waals surface area contributed by atoms with E-state index in [9.17, 15) is 48.3 Å². The van der Waals surface area contributed by atoms with E-state index in [1.807, 2.05) is 0 Å². The third-order valence-corrected chi connectivity index (χ3v) is 10.4. The molecule has 24 heteroatoms. The quantitative estimate of drug-likeness (QED) is 0.0169. The highest BCUT2D eigenvalue weighted by atomic mass is 16.4. The van der Waals surface area contributed by atoms with Crippen LogP contribution in [0.5, 0.6) is 0 Å². The van der Waals surface area contributed by atoms with Gasteiger partial charge in [-0.1, -0.05) is 40.5 Å². The number of hydrogen-bond donors (Lipinski definition) is 14. The number of carbonyl (C=O) groups excluding carboxylic acids is 7. The van der Waals surface area contributed by atoms with Crippen LogP contribution < -0.4 is 66.3 Å². The van der Waals surface area contributed by atoms with Crippen LogP contribution in [0.4, 0.5) is 0 Å². The number of nitrogens with two attached hydrogens (primary N) is 6. The standard InChI is InChI=1S/C39H73N13O11/c1-5-21(3)30(51-32(56)23(42)12-11-19-46-39(44)45)37(61)50-27(20-28(43)53)35(59)48-24(13-7-9-17-40)33(57)47-25(14-8-10-18-41)34(58)52-31(22(4)6-2)36(60)49-26(38(62)63)15-16-29(54)55/h21-27,30-31H,5-20,40-42H2,1-4H3,(H2,43,53)(H,47,57)(H,48,59)(H,49,60)(H,50,61)(H,51,56)(H,52,58)(H,54,55)(H,62,63)(H4,44,45,46)/t21-,22-,23-,24-,25-,26-,27-,30-,31-/m0/s1. The van der Waals surface area contributed by atoms with Crippen molar-refractivity contribution in [2.75, 3.05) is 19.6 Å². The normalized spacial score (nSPS) is 15.3. The highest BCUT2D eigenvalue weighted by Gasteiger charge is 2.36. The van der Waals surface area contributed by atoms with Crippen molar-refractivity contribution in [3.63, 3.8) is 0 Å². The first-order valence-electron chi connectivity index (χ1n) is 21.4. The van der Waals surface area contributed by atoms with E-state index in [4.69, 9.17) is 39.5 Å².